The minimum atomic E-state index is -0.279. The van der Waals surface area contributed by atoms with E-state index in [1.54, 1.807) is 0 Å². The molecule has 17 heavy (non-hydrogen) atoms. The van der Waals surface area contributed by atoms with E-state index in [1.165, 1.54) is 0 Å². The monoisotopic (exact) mass is 239 g/mol. The van der Waals surface area contributed by atoms with Crippen molar-refractivity contribution in [1.82, 2.24) is 10.2 Å². The number of hydrogen-bond donors (Lipinski definition) is 2. The molecular formula is C12H21N3O2. The fourth-order valence-electron chi connectivity index (χ4n) is 2.81. The minimum Gasteiger partial charge on any atom is -0.369 e. The molecule has 0 bridgehead atoms. The summed E-state index contributed by atoms with van der Waals surface area (Å²) in [6.45, 7) is 4.22. The van der Waals surface area contributed by atoms with Gasteiger partial charge in [0.25, 0.3) is 0 Å². The van der Waals surface area contributed by atoms with Crippen LogP contribution in [-0.4, -0.2) is 42.4 Å². The van der Waals surface area contributed by atoms with Crippen LogP contribution in [0.5, 0.6) is 0 Å². The van der Waals surface area contributed by atoms with Crippen molar-refractivity contribution in [3.05, 3.63) is 0 Å². The Bertz CT molecular complexity index is 319. The molecule has 0 aromatic rings. The Morgan fingerprint density at radius 3 is 2.65 bits per heavy atom. The molecule has 0 aromatic heterocycles. The van der Waals surface area contributed by atoms with Gasteiger partial charge in [0.2, 0.25) is 11.8 Å². The molecular weight excluding hydrogens is 218 g/mol. The van der Waals surface area contributed by atoms with Crippen LogP contribution in [0.4, 0.5) is 0 Å². The largest absolute Gasteiger partial charge is 0.369 e. The number of amides is 2. The normalized spacial score (nSPS) is 33.7. The number of hydrogen-bond acceptors (Lipinski definition) is 3. The lowest BCUT2D eigenvalue weighted by Crippen LogP contribution is -2.43. The van der Waals surface area contributed by atoms with Crippen LogP contribution < -0.4 is 11.1 Å². The topological polar surface area (TPSA) is 75.4 Å². The number of carbonyl (C=O) groups is 2. The lowest BCUT2D eigenvalue weighted by atomic mass is 9.92. The first kappa shape index (κ1) is 12.4. The van der Waals surface area contributed by atoms with Crippen LogP contribution in [0.1, 0.15) is 26.2 Å². The van der Waals surface area contributed by atoms with Gasteiger partial charge in [-0.15, -0.1) is 0 Å². The van der Waals surface area contributed by atoms with Gasteiger partial charge in [-0.2, -0.15) is 0 Å². The van der Waals surface area contributed by atoms with E-state index in [4.69, 9.17) is 5.73 Å². The summed E-state index contributed by atoms with van der Waals surface area (Å²) in [5, 5.41) is 3.34. The van der Waals surface area contributed by atoms with Gasteiger partial charge in [0.15, 0.2) is 0 Å². The highest BCUT2D eigenvalue weighted by atomic mass is 16.2. The van der Waals surface area contributed by atoms with Crippen LogP contribution in [0.3, 0.4) is 0 Å². The van der Waals surface area contributed by atoms with Crippen molar-refractivity contribution < 1.29 is 9.59 Å². The second kappa shape index (κ2) is 5.04. The van der Waals surface area contributed by atoms with Crippen LogP contribution in [0.25, 0.3) is 0 Å². The zero-order valence-electron chi connectivity index (χ0n) is 10.3. The third kappa shape index (κ3) is 2.77. The number of primary amides is 1. The van der Waals surface area contributed by atoms with E-state index in [9.17, 15) is 9.59 Å². The standard InChI is InChI=1S/C12H21N3O2/c1-8-6-9(2-4-14-8)12(17)15-5-3-10(7-15)11(13)16/h8-10,14H,2-7H2,1H3,(H2,13,16). The summed E-state index contributed by atoms with van der Waals surface area (Å²) in [6.07, 6.45) is 2.53. The Morgan fingerprint density at radius 1 is 1.29 bits per heavy atom. The number of nitrogens with one attached hydrogen (secondary N) is 1. The predicted molar refractivity (Wildman–Crippen MR) is 64.1 cm³/mol. The molecule has 0 aliphatic carbocycles. The Balaban J connectivity index is 1.90. The molecule has 0 spiro atoms. The van der Waals surface area contributed by atoms with Crippen molar-refractivity contribution in [1.29, 1.82) is 0 Å². The highest BCUT2D eigenvalue weighted by molar-refractivity contribution is 5.82. The van der Waals surface area contributed by atoms with Crippen LogP contribution in [-0.2, 0) is 9.59 Å². The average molecular weight is 239 g/mol. The van der Waals surface area contributed by atoms with E-state index in [2.05, 4.69) is 12.2 Å². The number of piperidine rings is 1. The molecule has 5 nitrogen and oxygen atoms in total. The zero-order chi connectivity index (χ0) is 12.4. The number of carbonyl (C=O) groups excluding carboxylic acids is 2. The molecule has 0 saturated carbocycles. The zero-order valence-corrected chi connectivity index (χ0v) is 10.3. The summed E-state index contributed by atoms with van der Waals surface area (Å²) in [6, 6.07) is 0.409. The summed E-state index contributed by atoms with van der Waals surface area (Å²) in [4.78, 5) is 25.2. The Kier molecular flexibility index (Phi) is 3.66. The molecule has 3 unspecified atom stereocenters. The summed E-state index contributed by atoms with van der Waals surface area (Å²) in [7, 11) is 0. The molecule has 2 heterocycles. The first-order valence-corrected chi connectivity index (χ1v) is 6.39. The highest BCUT2D eigenvalue weighted by Crippen LogP contribution is 2.23. The van der Waals surface area contributed by atoms with Crippen molar-refractivity contribution in [3.8, 4) is 0 Å². The maximum atomic E-state index is 12.3. The Labute approximate surface area is 102 Å². The van der Waals surface area contributed by atoms with Gasteiger partial charge in [-0.05, 0) is 32.7 Å². The molecule has 5 heteroatoms. The molecule has 2 saturated heterocycles. The molecule has 2 rings (SSSR count). The lowest BCUT2D eigenvalue weighted by Gasteiger charge is -2.30. The van der Waals surface area contributed by atoms with Gasteiger partial charge in [0, 0.05) is 25.0 Å². The molecule has 0 aromatic carbocycles. The molecule has 96 valence electrons. The smallest absolute Gasteiger partial charge is 0.225 e. The average Bonchev–Trinajstić information content (AvgIpc) is 2.77. The van der Waals surface area contributed by atoms with Crippen molar-refractivity contribution >= 4 is 11.8 Å². The van der Waals surface area contributed by atoms with E-state index >= 15 is 0 Å². The maximum absolute atomic E-state index is 12.3. The third-order valence-electron chi connectivity index (χ3n) is 3.88. The highest BCUT2D eigenvalue weighted by Gasteiger charge is 2.34. The van der Waals surface area contributed by atoms with E-state index in [-0.39, 0.29) is 23.7 Å². The van der Waals surface area contributed by atoms with E-state index in [0.29, 0.717) is 19.1 Å². The molecule has 2 aliphatic rings. The molecule has 0 radical (unpaired) electrons. The van der Waals surface area contributed by atoms with Crippen molar-refractivity contribution in [2.75, 3.05) is 19.6 Å². The van der Waals surface area contributed by atoms with Crippen molar-refractivity contribution in [2.45, 2.75) is 32.2 Å². The fraction of sp³-hybridized carbons (Fsp3) is 0.833. The number of likely N-dealkylation sites (tertiary alicyclic amines) is 1. The summed E-state index contributed by atoms with van der Waals surface area (Å²) in [5.41, 5.74) is 5.27. The maximum Gasteiger partial charge on any atom is 0.225 e. The van der Waals surface area contributed by atoms with Crippen molar-refractivity contribution in [3.63, 3.8) is 0 Å². The van der Waals surface area contributed by atoms with Gasteiger partial charge in [0.05, 0.1) is 5.92 Å². The second-order valence-electron chi connectivity index (χ2n) is 5.25. The Hall–Kier alpha value is -1.10. The molecule has 3 N–H and O–H groups in total. The van der Waals surface area contributed by atoms with Crippen LogP contribution in [0, 0.1) is 11.8 Å². The van der Waals surface area contributed by atoms with Crippen LogP contribution >= 0.6 is 0 Å². The number of nitrogens with zero attached hydrogens (tertiary/aromatic N) is 1. The summed E-state index contributed by atoms with van der Waals surface area (Å²) in [5.74, 6) is -0.0861. The van der Waals surface area contributed by atoms with Gasteiger partial charge in [-0.25, -0.2) is 0 Å². The molecule has 3 atom stereocenters. The van der Waals surface area contributed by atoms with Gasteiger partial charge in [-0.3, -0.25) is 9.59 Å². The summed E-state index contributed by atoms with van der Waals surface area (Å²) >= 11 is 0. The number of rotatable bonds is 2. The van der Waals surface area contributed by atoms with E-state index in [0.717, 1.165) is 25.8 Å². The van der Waals surface area contributed by atoms with E-state index in [1.807, 2.05) is 4.90 Å². The van der Waals surface area contributed by atoms with Gasteiger partial charge in [-0.1, -0.05) is 0 Å². The van der Waals surface area contributed by atoms with Crippen LogP contribution in [0.15, 0.2) is 0 Å². The molecule has 2 aliphatic heterocycles. The number of nitrogens with two attached hydrogens (primary N) is 1. The van der Waals surface area contributed by atoms with Gasteiger partial charge < -0.3 is 16.0 Å². The summed E-state index contributed by atoms with van der Waals surface area (Å²) < 4.78 is 0. The SMILES string of the molecule is CC1CC(C(=O)N2CCC(C(N)=O)C2)CCN1. The fourth-order valence-corrected chi connectivity index (χ4v) is 2.81. The predicted octanol–water partition coefficient (Wildman–Crippen LogP) is -0.292. The third-order valence-corrected chi connectivity index (χ3v) is 3.88. The first-order valence-electron chi connectivity index (χ1n) is 6.39. The van der Waals surface area contributed by atoms with Gasteiger partial charge >= 0.3 is 0 Å². The lowest BCUT2D eigenvalue weighted by molar-refractivity contribution is -0.135. The minimum absolute atomic E-state index is 0.123. The molecule has 2 amide bonds. The van der Waals surface area contributed by atoms with Gasteiger partial charge in [0.1, 0.15) is 0 Å². The van der Waals surface area contributed by atoms with Crippen LogP contribution in [0.2, 0.25) is 0 Å². The second-order valence-corrected chi connectivity index (χ2v) is 5.25. The first-order chi connectivity index (χ1) is 8.08. The van der Waals surface area contributed by atoms with E-state index < -0.39 is 0 Å². The Morgan fingerprint density at radius 2 is 2.06 bits per heavy atom. The quantitative estimate of drug-likeness (QED) is 0.695. The molecule has 2 fully saturated rings. The van der Waals surface area contributed by atoms with Crippen molar-refractivity contribution in [2.24, 2.45) is 17.6 Å².